The molecule has 1 heterocycles. The molecule has 1 aromatic heterocycles. The molecule has 0 amide bonds. The summed E-state index contributed by atoms with van der Waals surface area (Å²) >= 11 is 0. The van der Waals surface area contributed by atoms with Crippen LogP contribution in [0, 0.1) is 11.7 Å². The molecule has 0 N–H and O–H groups in total. The third-order valence-corrected chi connectivity index (χ3v) is 8.12. The molecule has 2 aliphatic carbocycles. The van der Waals surface area contributed by atoms with Crippen LogP contribution in [0.4, 0.5) is 0 Å². The summed E-state index contributed by atoms with van der Waals surface area (Å²) in [6.45, 7) is 13.6. The first-order chi connectivity index (χ1) is 15.7. The molecular formula is C31H31Cl2OSiZr. The molecule has 5 heteroatoms. The number of allylic oxidation sites excluding steroid dienone is 6. The van der Waals surface area contributed by atoms with Crippen LogP contribution < -0.4 is 30.0 Å². The molecule has 1 nitrogen and oxygen atoms in total. The molecule has 0 spiro atoms. The van der Waals surface area contributed by atoms with Crippen LogP contribution in [-0.2, 0) is 31.6 Å². The number of fused-ring (bicyclic) bond motifs is 1. The van der Waals surface area contributed by atoms with E-state index in [1.54, 1.807) is 0 Å². The van der Waals surface area contributed by atoms with Gasteiger partial charge >= 0.3 is 26.2 Å². The maximum absolute atomic E-state index is 6.10. The second-order valence-electron chi connectivity index (χ2n) is 10.3. The third-order valence-electron chi connectivity index (χ3n) is 6.62. The van der Waals surface area contributed by atoms with Gasteiger partial charge in [-0.25, -0.2) is 0 Å². The molecule has 3 aromatic rings. The SMILES string of the molecule is Cc1ccc(C2=C(C3=CC=CC3)c3c(-c4ccc(C(C)(C)C)cc4)c(=[Si](C)C)ccc3=[C-]2)o1.[Cl-].[Cl-].[Zr+3]. The fraction of sp³-hybridized carbons (Fsp3) is 0.258. The van der Waals surface area contributed by atoms with Crippen molar-refractivity contribution in [3.05, 3.63) is 105 Å². The van der Waals surface area contributed by atoms with Crippen molar-refractivity contribution < 1.29 is 55.4 Å². The standard InChI is InChI=1S/C31H31OSi.2ClH.Zr/c1-20-11-17-26(32-20)25-19-23-14-18-27(33(5)6)29(30(23)28(25)21-9-7-8-10-21)22-12-15-24(16-13-22)31(2,3)4;;;/h7-9,11-18H,10H2,1-6H3;2*1H;/q-1;;;+3/p-2. The van der Waals surface area contributed by atoms with Crippen LogP contribution in [-0.4, -0.2) is 8.41 Å². The Balaban J connectivity index is 0.00000152. The molecule has 0 saturated heterocycles. The Morgan fingerprint density at radius 1 is 0.889 bits per heavy atom. The summed E-state index contributed by atoms with van der Waals surface area (Å²) in [5, 5.41) is 1.17. The number of hydrogen-bond acceptors (Lipinski definition) is 1. The molecule has 2 aromatic carbocycles. The molecule has 0 bridgehead atoms. The van der Waals surface area contributed by atoms with Crippen molar-refractivity contribution >= 4 is 25.6 Å². The van der Waals surface area contributed by atoms with Gasteiger partial charge in [0.15, 0.2) is 0 Å². The number of aryl methyl sites for hydroxylation is 1. The van der Waals surface area contributed by atoms with E-state index in [0.717, 1.165) is 23.5 Å². The second kappa shape index (κ2) is 11.9. The number of rotatable bonds is 3. The van der Waals surface area contributed by atoms with Crippen LogP contribution in [0.25, 0.3) is 28.3 Å². The predicted molar refractivity (Wildman–Crippen MR) is 142 cm³/mol. The van der Waals surface area contributed by atoms with Crippen LogP contribution in [0.1, 0.15) is 49.8 Å². The van der Waals surface area contributed by atoms with Gasteiger partial charge in [0.2, 0.25) is 0 Å². The van der Waals surface area contributed by atoms with Crippen LogP contribution in [0.15, 0.2) is 76.7 Å². The average Bonchev–Trinajstić information content (AvgIpc) is 3.51. The van der Waals surface area contributed by atoms with E-state index >= 15 is 0 Å². The Kier molecular flexibility index (Phi) is 10.2. The first-order valence-corrected chi connectivity index (χ1v) is 14.3. The number of benzene rings is 2. The second-order valence-corrected chi connectivity index (χ2v) is 12.9. The van der Waals surface area contributed by atoms with Crippen LogP contribution in [0.5, 0.6) is 0 Å². The van der Waals surface area contributed by atoms with Gasteiger partial charge in [0.25, 0.3) is 0 Å². The van der Waals surface area contributed by atoms with Crippen molar-refractivity contribution in [2.24, 2.45) is 0 Å². The zero-order valence-corrected chi connectivity index (χ0v) is 26.7. The monoisotopic (exact) mass is 607 g/mol. The van der Waals surface area contributed by atoms with E-state index in [1.165, 1.54) is 43.4 Å². The zero-order chi connectivity index (χ0) is 23.3. The van der Waals surface area contributed by atoms with E-state index in [9.17, 15) is 0 Å². The number of hydrogen-bond donors (Lipinski definition) is 0. The smallest absolute Gasteiger partial charge is 1.00 e. The predicted octanol–water partition coefficient (Wildman–Crippen LogP) is 1.61. The Bertz CT molecular complexity index is 1480. The molecule has 0 fully saturated rings. The van der Waals surface area contributed by atoms with E-state index in [2.05, 4.69) is 101 Å². The minimum atomic E-state index is -0.680. The summed E-state index contributed by atoms with van der Waals surface area (Å²) in [6.07, 6.45) is 11.3. The van der Waals surface area contributed by atoms with Gasteiger partial charge in [-0.15, -0.1) is 28.5 Å². The summed E-state index contributed by atoms with van der Waals surface area (Å²) in [6, 6.07) is 18.0. The number of furan rings is 1. The van der Waals surface area contributed by atoms with Crippen molar-refractivity contribution in [3.63, 3.8) is 0 Å². The largest absolute Gasteiger partial charge is 3.00 e. The van der Waals surface area contributed by atoms with Gasteiger partial charge in [-0.05, 0) is 47.6 Å². The van der Waals surface area contributed by atoms with Gasteiger partial charge in [0.1, 0.15) is 0 Å². The van der Waals surface area contributed by atoms with Gasteiger partial charge < -0.3 is 29.2 Å². The maximum Gasteiger partial charge on any atom is 3.00 e. The summed E-state index contributed by atoms with van der Waals surface area (Å²) in [5.74, 6) is 1.83. The number of halogens is 2. The maximum atomic E-state index is 6.10. The summed E-state index contributed by atoms with van der Waals surface area (Å²) in [5.41, 5.74) is 9.20. The van der Waals surface area contributed by atoms with Gasteiger partial charge in [-0.1, -0.05) is 98.4 Å². The molecule has 183 valence electrons. The molecule has 2 aliphatic rings. The molecule has 5 rings (SSSR count). The van der Waals surface area contributed by atoms with E-state index in [0.29, 0.717) is 0 Å². The Morgan fingerprint density at radius 2 is 1.58 bits per heavy atom. The van der Waals surface area contributed by atoms with E-state index in [4.69, 9.17) is 4.42 Å². The average molecular weight is 610 g/mol. The fourth-order valence-corrected chi connectivity index (χ4v) is 6.04. The fourth-order valence-electron chi connectivity index (χ4n) is 4.85. The molecule has 0 aliphatic heterocycles. The first kappa shape index (κ1) is 30.7. The van der Waals surface area contributed by atoms with Gasteiger partial charge in [-0.3, -0.25) is 0 Å². The Labute approximate surface area is 248 Å². The van der Waals surface area contributed by atoms with Gasteiger partial charge in [0.05, 0.1) is 11.5 Å². The Hall–Kier alpha value is -1.51. The van der Waals surface area contributed by atoms with Crippen LogP contribution in [0.3, 0.4) is 0 Å². The van der Waals surface area contributed by atoms with E-state index in [-0.39, 0.29) is 56.4 Å². The van der Waals surface area contributed by atoms with Crippen molar-refractivity contribution in [2.45, 2.75) is 52.6 Å². The van der Waals surface area contributed by atoms with Crippen molar-refractivity contribution in [2.75, 3.05) is 0 Å². The van der Waals surface area contributed by atoms with Crippen molar-refractivity contribution in [1.82, 2.24) is 0 Å². The van der Waals surface area contributed by atoms with Crippen LogP contribution >= 0.6 is 0 Å². The van der Waals surface area contributed by atoms with E-state index < -0.39 is 8.41 Å². The van der Waals surface area contributed by atoms with E-state index in [1.807, 2.05) is 13.0 Å². The topological polar surface area (TPSA) is 13.1 Å². The van der Waals surface area contributed by atoms with Crippen molar-refractivity contribution in [3.8, 4) is 11.1 Å². The normalized spacial score (nSPS) is 13.8. The Morgan fingerprint density at radius 3 is 2.11 bits per heavy atom. The molecule has 0 atom stereocenters. The van der Waals surface area contributed by atoms with Gasteiger partial charge in [-0.2, -0.15) is 0 Å². The molecule has 36 heavy (non-hydrogen) atoms. The minimum absolute atomic E-state index is 0. The summed E-state index contributed by atoms with van der Waals surface area (Å²) in [7, 11) is -0.680. The molecule has 0 saturated carbocycles. The first-order valence-electron chi connectivity index (χ1n) is 11.8. The molecule has 0 unspecified atom stereocenters. The van der Waals surface area contributed by atoms with Crippen LogP contribution in [0.2, 0.25) is 13.1 Å². The third kappa shape index (κ3) is 5.65. The quantitative estimate of drug-likeness (QED) is 0.325. The minimum Gasteiger partial charge on any atom is -1.00 e. The molecular weight excluding hydrogens is 579 g/mol. The van der Waals surface area contributed by atoms with Gasteiger partial charge in [0, 0.05) is 8.41 Å². The molecule has 1 radical (unpaired) electrons. The van der Waals surface area contributed by atoms with Crippen molar-refractivity contribution in [1.29, 1.82) is 0 Å². The summed E-state index contributed by atoms with van der Waals surface area (Å²) in [4.78, 5) is 1.48. The zero-order valence-electron chi connectivity index (χ0n) is 21.7. The summed E-state index contributed by atoms with van der Waals surface area (Å²) < 4.78 is 6.10.